The van der Waals surface area contributed by atoms with Gasteiger partial charge in [-0.2, -0.15) is 4.98 Å². The number of ether oxygens (including phenoxy) is 1. The number of H-pyrrole nitrogens is 1. The van der Waals surface area contributed by atoms with Crippen molar-refractivity contribution in [3.63, 3.8) is 0 Å². The van der Waals surface area contributed by atoms with Crippen molar-refractivity contribution in [2.24, 2.45) is 0 Å². The lowest BCUT2D eigenvalue weighted by atomic mass is 10.1. The maximum absolute atomic E-state index is 11.4. The fourth-order valence-corrected chi connectivity index (χ4v) is 1.05. The number of aliphatic carboxylic acids is 1. The van der Waals surface area contributed by atoms with Gasteiger partial charge in [-0.15, -0.1) is 0 Å². The van der Waals surface area contributed by atoms with Gasteiger partial charge in [-0.1, -0.05) is 0 Å². The number of carboxylic acid groups (broad SMARTS) is 1. The number of aromatic nitrogens is 2. The molecule has 0 aliphatic rings. The van der Waals surface area contributed by atoms with Crippen LogP contribution in [0.1, 0.15) is 24.2 Å². The molecule has 2 N–H and O–H groups in total. The molecule has 6 heteroatoms. The lowest BCUT2D eigenvalue weighted by Gasteiger charge is -2.08. The average molecular weight is 212 g/mol. The van der Waals surface area contributed by atoms with E-state index in [0.717, 1.165) is 0 Å². The zero-order valence-electron chi connectivity index (χ0n) is 8.70. The fourth-order valence-electron chi connectivity index (χ4n) is 1.05. The summed E-state index contributed by atoms with van der Waals surface area (Å²) < 4.78 is 4.87. The summed E-state index contributed by atoms with van der Waals surface area (Å²) in [5.41, 5.74) is -0.0520. The van der Waals surface area contributed by atoms with Gasteiger partial charge in [-0.3, -0.25) is 9.59 Å². The second-order valence-corrected chi connectivity index (χ2v) is 3.15. The smallest absolute Gasteiger partial charge is 0.313 e. The fraction of sp³-hybridized carbons (Fsp3) is 0.444. The van der Waals surface area contributed by atoms with Crippen LogP contribution < -0.4 is 10.3 Å². The summed E-state index contributed by atoms with van der Waals surface area (Å²) in [7, 11) is 1.38. The van der Waals surface area contributed by atoms with E-state index < -0.39 is 11.9 Å². The van der Waals surface area contributed by atoms with E-state index >= 15 is 0 Å². The third kappa shape index (κ3) is 2.15. The molecule has 0 aliphatic heterocycles. The number of nitrogens with one attached hydrogen (secondary N) is 1. The first-order chi connectivity index (χ1) is 6.97. The standard InChI is InChI=1S/C9H12N2O4/c1-4(9(13)14)6-10-7(12)5(2)8(11-6)15-3/h4H,1-3H3,(H,13,14)(H,10,11,12). The molecule has 0 fully saturated rings. The Balaban J connectivity index is 3.28. The van der Waals surface area contributed by atoms with Gasteiger partial charge in [0.1, 0.15) is 11.7 Å². The van der Waals surface area contributed by atoms with Crippen LogP contribution in [0, 0.1) is 6.92 Å². The number of rotatable bonds is 3. The highest BCUT2D eigenvalue weighted by molar-refractivity contribution is 5.74. The maximum Gasteiger partial charge on any atom is 0.313 e. The highest BCUT2D eigenvalue weighted by atomic mass is 16.5. The van der Waals surface area contributed by atoms with Gasteiger partial charge in [0.25, 0.3) is 5.56 Å². The predicted octanol–water partition coefficient (Wildman–Crippen LogP) is 0.275. The molecule has 82 valence electrons. The number of methoxy groups -OCH3 is 1. The van der Waals surface area contributed by atoms with Crippen LogP contribution in [0.2, 0.25) is 0 Å². The van der Waals surface area contributed by atoms with Crippen molar-refractivity contribution in [3.05, 3.63) is 21.7 Å². The normalized spacial score (nSPS) is 12.2. The van der Waals surface area contributed by atoms with E-state index in [4.69, 9.17) is 9.84 Å². The minimum absolute atomic E-state index is 0.0925. The van der Waals surface area contributed by atoms with Crippen LogP contribution in [-0.4, -0.2) is 28.2 Å². The number of carboxylic acids is 1. The summed E-state index contributed by atoms with van der Waals surface area (Å²) in [6, 6.07) is 0. The molecular weight excluding hydrogens is 200 g/mol. The van der Waals surface area contributed by atoms with Gasteiger partial charge < -0.3 is 14.8 Å². The minimum Gasteiger partial charge on any atom is -0.481 e. The van der Waals surface area contributed by atoms with Crippen LogP contribution in [0.15, 0.2) is 4.79 Å². The predicted molar refractivity (Wildman–Crippen MR) is 52.2 cm³/mol. The number of carbonyl (C=O) groups is 1. The highest BCUT2D eigenvalue weighted by Crippen LogP contribution is 2.14. The van der Waals surface area contributed by atoms with E-state index in [1.165, 1.54) is 14.0 Å². The Morgan fingerprint density at radius 3 is 2.67 bits per heavy atom. The first-order valence-corrected chi connectivity index (χ1v) is 4.35. The summed E-state index contributed by atoms with van der Waals surface area (Å²) in [5.74, 6) is -1.67. The van der Waals surface area contributed by atoms with E-state index in [1.807, 2.05) is 0 Å². The topological polar surface area (TPSA) is 92.3 Å². The molecule has 0 aromatic carbocycles. The molecule has 0 amide bonds. The van der Waals surface area contributed by atoms with Gasteiger partial charge >= 0.3 is 5.97 Å². The van der Waals surface area contributed by atoms with Gasteiger partial charge in [0, 0.05) is 0 Å². The lowest BCUT2D eigenvalue weighted by molar-refractivity contribution is -0.138. The summed E-state index contributed by atoms with van der Waals surface area (Å²) in [4.78, 5) is 28.4. The Bertz CT molecular complexity index is 438. The molecule has 1 rings (SSSR count). The number of hydrogen-bond acceptors (Lipinski definition) is 4. The zero-order chi connectivity index (χ0) is 11.6. The summed E-state index contributed by atoms with van der Waals surface area (Å²) in [6.45, 7) is 3.00. The van der Waals surface area contributed by atoms with Crippen LogP contribution in [0.25, 0.3) is 0 Å². The molecule has 0 radical (unpaired) electrons. The van der Waals surface area contributed by atoms with Crippen LogP contribution in [-0.2, 0) is 4.79 Å². The summed E-state index contributed by atoms with van der Waals surface area (Å²) in [5, 5.41) is 8.76. The van der Waals surface area contributed by atoms with E-state index in [2.05, 4.69) is 9.97 Å². The summed E-state index contributed by atoms with van der Waals surface area (Å²) >= 11 is 0. The first-order valence-electron chi connectivity index (χ1n) is 4.35. The number of hydrogen-bond donors (Lipinski definition) is 2. The number of aromatic amines is 1. The Morgan fingerprint density at radius 2 is 2.20 bits per heavy atom. The van der Waals surface area contributed by atoms with Crippen molar-refractivity contribution in [1.82, 2.24) is 9.97 Å². The Kier molecular flexibility index (Phi) is 3.08. The van der Waals surface area contributed by atoms with Crippen molar-refractivity contribution in [2.75, 3.05) is 7.11 Å². The van der Waals surface area contributed by atoms with Gasteiger partial charge in [0.15, 0.2) is 0 Å². The Hall–Kier alpha value is -1.85. The molecule has 0 bridgehead atoms. The second-order valence-electron chi connectivity index (χ2n) is 3.15. The molecule has 1 aromatic rings. The first kappa shape index (κ1) is 11.2. The lowest BCUT2D eigenvalue weighted by Crippen LogP contribution is -2.20. The molecule has 1 unspecified atom stereocenters. The van der Waals surface area contributed by atoms with Crippen LogP contribution in [0.5, 0.6) is 5.88 Å². The van der Waals surface area contributed by atoms with Gasteiger partial charge in [-0.25, -0.2) is 0 Å². The van der Waals surface area contributed by atoms with Crippen molar-refractivity contribution in [3.8, 4) is 5.88 Å². The van der Waals surface area contributed by atoms with E-state index in [9.17, 15) is 9.59 Å². The molecule has 6 nitrogen and oxygen atoms in total. The molecule has 1 heterocycles. The Labute approximate surface area is 85.9 Å². The molecule has 0 saturated heterocycles. The van der Waals surface area contributed by atoms with E-state index in [-0.39, 0.29) is 17.3 Å². The number of nitrogens with zero attached hydrogens (tertiary/aromatic N) is 1. The summed E-state index contributed by atoms with van der Waals surface area (Å²) in [6.07, 6.45) is 0. The van der Waals surface area contributed by atoms with Crippen molar-refractivity contribution >= 4 is 5.97 Å². The van der Waals surface area contributed by atoms with Crippen molar-refractivity contribution in [1.29, 1.82) is 0 Å². The van der Waals surface area contributed by atoms with Gasteiger partial charge in [0.2, 0.25) is 5.88 Å². The molecular formula is C9H12N2O4. The van der Waals surface area contributed by atoms with Gasteiger partial charge in [-0.05, 0) is 13.8 Å². The van der Waals surface area contributed by atoms with Crippen LogP contribution in [0.4, 0.5) is 0 Å². The van der Waals surface area contributed by atoms with Crippen LogP contribution >= 0.6 is 0 Å². The third-order valence-corrected chi connectivity index (χ3v) is 2.10. The highest BCUT2D eigenvalue weighted by Gasteiger charge is 2.18. The molecule has 1 atom stereocenters. The minimum atomic E-state index is -1.05. The average Bonchev–Trinajstić information content (AvgIpc) is 2.20. The zero-order valence-corrected chi connectivity index (χ0v) is 8.70. The quantitative estimate of drug-likeness (QED) is 0.750. The van der Waals surface area contributed by atoms with Gasteiger partial charge in [0.05, 0.1) is 12.7 Å². The van der Waals surface area contributed by atoms with Crippen molar-refractivity contribution < 1.29 is 14.6 Å². The molecule has 1 aromatic heterocycles. The molecule has 0 spiro atoms. The second kappa shape index (κ2) is 4.12. The monoisotopic (exact) mass is 212 g/mol. The SMILES string of the molecule is COc1nc(C(C)C(=O)O)[nH]c(=O)c1C. The maximum atomic E-state index is 11.4. The Morgan fingerprint density at radius 1 is 1.60 bits per heavy atom. The van der Waals surface area contributed by atoms with Crippen LogP contribution in [0.3, 0.4) is 0 Å². The van der Waals surface area contributed by atoms with Crippen molar-refractivity contribution in [2.45, 2.75) is 19.8 Å². The third-order valence-electron chi connectivity index (χ3n) is 2.10. The molecule has 15 heavy (non-hydrogen) atoms. The van der Waals surface area contributed by atoms with E-state index in [1.54, 1.807) is 6.92 Å². The molecule has 0 aliphatic carbocycles. The largest absolute Gasteiger partial charge is 0.481 e. The molecule has 0 saturated carbocycles. The van der Waals surface area contributed by atoms with E-state index in [0.29, 0.717) is 5.56 Å².